The van der Waals surface area contributed by atoms with E-state index in [2.05, 4.69) is 20.8 Å². The quantitative estimate of drug-likeness (QED) is 0.589. The van der Waals surface area contributed by atoms with Gasteiger partial charge in [0.1, 0.15) is 6.04 Å². The van der Waals surface area contributed by atoms with E-state index in [1.165, 1.54) is 0 Å². The van der Waals surface area contributed by atoms with Crippen LogP contribution in [-0.4, -0.2) is 34.6 Å². The molecule has 0 aliphatic carbocycles. The lowest BCUT2D eigenvalue weighted by Gasteiger charge is -2.13. The Hall–Kier alpha value is -2.05. The lowest BCUT2D eigenvalue weighted by molar-refractivity contribution is -0.122. The molecule has 0 bridgehead atoms. The van der Waals surface area contributed by atoms with Gasteiger partial charge in [-0.15, -0.1) is 0 Å². The van der Waals surface area contributed by atoms with Crippen LogP contribution in [0, 0.1) is 0 Å². The molecule has 0 aliphatic heterocycles. The number of amides is 2. The van der Waals surface area contributed by atoms with Gasteiger partial charge in [-0.3, -0.25) is 14.7 Å². The Morgan fingerprint density at radius 2 is 2.11 bits per heavy atom. The topological polar surface area (TPSA) is 113 Å². The van der Waals surface area contributed by atoms with Crippen LogP contribution in [0.5, 0.6) is 0 Å². The highest BCUT2D eigenvalue weighted by Gasteiger charge is 2.20. The number of nitrogen functional groups attached to an aromatic ring is 1. The number of nitrogens with two attached hydrogens (primary N) is 1. The van der Waals surface area contributed by atoms with Crippen molar-refractivity contribution in [1.29, 1.82) is 0 Å². The molecule has 0 saturated carbocycles. The standard InChI is InChI=1S/C12H21N5O2/c1-4-6-14-11(18)7(3)15-12(19)10-9(13)8(5-2)16-17-10/h7H,4-6,13H2,1-3H3,(H,14,18)(H,15,19)(H,16,17). The fourth-order valence-electron chi connectivity index (χ4n) is 1.56. The number of anilines is 1. The van der Waals surface area contributed by atoms with Crippen molar-refractivity contribution in [3.8, 4) is 0 Å². The number of hydrogen-bond acceptors (Lipinski definition) is 4. The molecule has 1 unspecified atom stereocenters. The van der Waals surface area contributed by atoms with Gasteiger partial charge in [-0.25, -0.2) is 0 Å². The highest BCUT2D eigenvalue weighted by molar-refractivity contribution is 6.00. The fourth-order valence-corrected chi connectivity index (χ4v) is 1.56. The number of aromatic amines is 1. The molecule has 5 N–H and O–H groups in total. The largest absolute Gasteiger partial charge is 0.395 e. The Balaban J connectivity index is 2.63. The van der Waals surface area contributed by atoms with Crippen molar-refractivity contribution in [1.82, 2.24) is 20.8 Å². The Bertz CT molecular complexity index is 455. The zero-order valence-corrected chi connectivity index (χ0v) is 11.5. The van der Waals surface area contributed by atoms with Crippen molar-refractivity contribution in [3.05, 3.63) is 11.4 Å². The molecule has 7 heteroatoms. The first kappa shape index (κ1) is 15.0. The first-order valence-electron chi connectivity index (χ1n) is 6.42. The third-order valence-corrected chi connectivity index (χ3v) is 2.74. The zero-order chi connectivity index (χ0) is 14.4. The maximum absolute atomic E-state index is 11.9. The second-order valence-corrected chi connectivity index (χ2v) is 4.30. The molecule has 1 rings (SSSR count). The molecule has 0 spiro atoms. The predicted octanol–water partition coefficient (Wildman–Crippen LogP) is 0.199. The highest BCUT2D eigenvalue weighted by atomic mass is 16.2. The summed E-state index contributed by atoms with van der Waals surface area (Å²) in [5.74, 6) is -0.673. The van der Waals surface area contributed by atoms with Crippen LogP contribution in [0.25, 0.3) is 0 Å². The fraction of sp³-hybridized carbons (Fsp3) is 0.583. The van der Waals surface area contributed by atoms with Crippen LogP contribution in [0.3, 0.4) is 0 Å². The minimum absolute atomic E-state index is 0.131. The van der Waals surface area contributed by atoms with Gasteiger partial charge in [0.25, 0.3) is 5.91 Å². The van der Waals surface area contributed by atoms with Crippen LogP contribution in [0.15, 0.2) is 0 Å². The molecule has 7 nitrogen and oxygen atoms in total. The van der Waals surface area contributed by atoms with Gasteiger partial charge in [-0.2, -0.15) is 5.10 Å². The van der Waals surface area contributed by atoms with Crippen LogP contribution >= 0.6 is 0 Å². The van der Waals surface area contributed by atoms with E-state index >= 15 is 0 Å². The van der Waals surface area contributed by atoms with Gasteiger partial charge in [-0.1, -0.05) is 13.8 Å². The molecule has 106 valence electrons. The van der Waals surface area contributed by atoms with Crippen molar-refractivity contribution >= 4 is 17.5 Å². The number of H-pyrrole nitrogens is 1. The first-order valence-corrected chi connectivity index (χ1v) is 6.42. The summed E-state index contributed by atoms with van der Waals surface area (Å²) in [7, 11) is 0. The molecule has 2 amide bonds. The molecule has 0 aromatic carbocycles. The minimum atomic E-state index is -0.625. The summed E-state index contributed by atoms with van der Waals surface area (Å²) in [6, 6.07) is -0.625. The van der Waals surface area contributed by atoms with Gasteiger partial charge < -0.3 is 16.4 Å². The summed E-state index contributed by atoms with van der Waals surface area (Å²) < 4.78 is 0. The molecule has 0 fully saturated rings. The van der Waals surface area contributed by atoms with Crippen LogP contribution in [0.4, 0.5) is 5.69 Å². The van der Waals surface area contributed by atoms with Crippen LogP contribution < -0.4 is 16.4 Å². The number of rotatable bonds is 6. The minimum Gasteiger partial charge on any atom is -0.395 e. The summed E-state index contributed by atoms with van der Waals surface area (Å²) in [6.45, 7) is 6.07. The summed E-state index contributed by atoms with van der Waals surface area (Å²) in [5, 5.41) is 11.8. The number of aryl methyl sites for hydroxylation is 1. The van der Waals surface area contributed by atoms with Crippen molar-refractivity contribution in [2.24, 2.45) is 0 Å². The molecule has 0 radical (unpaired) electrons. The van der Waals surface area contributed by atoms with E-state index in [1.54, 1.807) is 6.92 Å². The van der Waals surface area contributed by atoms with Gasteiger partial charge in [0.2, 0.25) is 5.91 Å². The van der Waals surface area contributed by atoms with Crippen molar-refractivity contribution < 1.29 is 9.59 Å². The molecule has 1 heterocycles. The average molecular weight is 267 g/mol. The monoisotopic (exact) mass is 267 g/mol. The summed E-state index contributed by atoms with van der Waals surface area (Å²) in [6.07, 6.45) is 1.51. The van der Waals surface area contributed by atoms with E-state index in [1.807, 2.05) is 13.8 Å². The van der Waals surface area contributed by atoms with Crippen LogP contribution in [0.1, 0.15) is 43.4 Å². The molecule has 1 aromatic heterocycles. The second kappa shape index (κ2) is 6.77. The summed E-state index contributed by atoms with van der Waals surface area (Å²) in [4.78, 5) is 23.6. The summed E-state index contributed by atoms with van der Waals surface area (Å²) in [5.41, 5.74) is 6.97. The van der Waals surface area contributed by atoms with E-state index < -0.39 is 11.9 Å². The lowest BCUT2D eigenvalue weighted by atomic mass is 10.2. The SMILES string of the molecule is CCCNC(=O)C(C)NC(=O)c1n[nH]c(CC)c1N. The smallest absolute Gasteiger partial charge is 0.274 e. The van der Waals surface area contributed by atoms with Crippen molar-refractivity contribution in [2.75, 3.05) is 12.3 Å². The van der Waals surface area contributed by atoms with E-state index in [0.29, 0.717) is 24.3 Å². The van der Waals surface area contributed by atoms with Gasteiger partial charge in [0.05, 0.1) is 11.4 Å². The van der Waals surface area contributed by atoms with Gasteiger partial charge >= 0.3 is 0 Å². The van der Waals surface area contributed by atoms with E-state index in [0.717, 1.165) is 6.42 Å². The molecular formula is C12H21N5O2. The van der Waals surface area contributed by atoms with E-state index in [9.17, 15) is 9.59 Å². The maximum Gasteiger partial charge on any atom is 0.274 e. The van der Waals surface area contributed by atoms with Crippen LogP contribution in [-0.2, 0) is 11.2 Å². The highest BCUT2D eigenvalue weighted by Crippen LogP contribution is 2.14. The first-order chi connectivity index (χ1) is 9.01. The maximum atomic E-state index is 11.9. The number of carbonyl (C=O) groups is 2. The lowest BCUT2D eigenvalue weighted by Crippen LogP contribution is -2.45. The average Bonchev–Trinajstić information content (AvgIpc) is 2.76. The Labute approximate surface area is 112 Å². The molecule has 19 heavy (non-hydrogen) atoms. The van der Waals surface area contributed by atoms with Crippen molar-refractivity contribution in [3.63, 3.8) is 0 Å². The number of carbonyl (C=O) groups excluding carboxylic acids is 2. The number of nitrogens with one attached hydrogen (secondary N) is 3. The predicted molar refractivity (Wildman–Crippen MR) is 72.6 cm³/mol. The Morgan fingerprint density at radius 1 is 1.42 bits per heavy atom. The normalized spacial score (nSPS) is 11.9. The van der Waals surface area contributed by atoms with Gasteiger partial charge in [-0.05, 0) is 19.8 Å². The number of aromatic nitrogens is 2. The summed E-state index contributed by atoms with van der Waals surface area (Å²) >= 11 is 0. The zero-order valence-electron chi connectivity index (χ0n) is 11.5. The third-order valence-electron chi connectivity index (χ3n) is 2.74. The molecule has 0 saturated heterocycles. The third kappa shape index (κ3) is 3.70. The molecule has 0 aliphatic rings. The molecule has 1 aromatic rings. The number of hydrogen-bond donors (Lipinski definition) is 4. The van der Waals surface area contributed by atoms with Crippen LogP contribution in [0.2, 0.25) is 0 Å². The van der Waals surface area contributed by atoms with Crippen molar-refractivity contribution in [2.45, 2.75) is 39.7 Å². The van der Waals surface area contributed by atoms with Gasteiger partial charge in [0, 0.05) is 6.54 Å². The second-order valence-electron chi connectivity index (χ2n) is 4.30. The molecular weight excluding hydrogens is 246 g/mol. The van der Waals surface area contributed by atoms with E-state index in [4.69, 9.17) is 5.73 Å². The van der Waals surface area contributed by atoms with E-state index in [-0.39, 0.29) is 11.6 Å². The Morgan fingerprint density at radius 3 is 2.63 bits per heavy atom. The van der Waals surface area contributed by atoms with Gasteiger partial charge in [0.15, 0.2) is 5.69 Å². The Kier molecular flexibility index (Phi) is 5.35. The number of nitrogens with zero attached hydrogens (tertiary/aromatic N) is 1. The molecule has 1 atom stereocenters.